The van der Waals surface area contributed by atoms with E-state index in [1.165, 1.54) is 4.90 Å². The molecular weight excluding hydrogens is 638 g/mol. The number of allylic oxidation sites excluding steroid dienone is 1. The van der Waals surface area contributed by atoms with E-state index in [9.17, 15) is 35.9 Å². The van der Waals surface area contributed by atoms with E-state index >= 15 is 0 Å². The molecule has 3 aromatic carbocycles. The van der Waals surface area contributed by atoms with Crippen molar-refractivity contribution >= 4 is 17.6 Å². The number of methoxy groups -OCH3 is 1. The largest absolute Gasteiger partial charge is 0.496 e. The van der Waals surface area contributed by atoms with E-state index in [0.717, 1.165) is 39.8 Å². The molecule has 1 fully saturated rings. The number of benzene rings is 3. The van der Waals surface area contributed by atoms with E-state index in [1.807, 2.05) is 31.2 Å². The van der Waals surface area contributed by atoms with E-state index in [4.69, 9.17) is 15.2 Å². The van der Waals surface area contributed by atoms with Crippen LogP contribution in [-0.4, -0.2) is 36.6 Å². The molecule has 5 rings (SSSR count). The minimum Gasteiger partial charge on any atom is -0.496 e. The average Bonchev–Trinajstić information content (AvgIpc) is 3.27. The third-order valence-electron chi connectivity index (χ3n) is 9.21. The van der Waals surface area contributed by atoms with Crippen LogP contribution >= 0.6 is 0 Å². The minimum atomic E-state index is -5.04. The predicted molar refractivity (Wildman–Crippen MR) is 168 cm³/mol. The van der Waals surface area contributed by atoms with E-state index in [2.05, 4.69) is 13.8 Å². The number of carbonyl (C=O) groups excluding carboxylic acids is 2. The van der Waals surface area contributed by atoms with Gasteiger partial charge < -0.3 is 15.2 Å². The first-order valence-electron chi connectivity index (χ1n) is 15.4. The van der Waals surface area contributed by atoms with Crippen LogP contribution in [0.25, 0.3) is 16.7 Å². The predicted octanol–water partition coefficient (Wildman–Crippen LogP) is 9.35. The van der Waals surface area contributed by atoms with Gasteiger partial charge in [0.1, 0.15) is 11.9 Å². The SMILES string of the molecule is COc1ccc(-c2ccc(C(N)=O)cc2C)cc1C1=C(CN2C(=O)OC(c3cc(C(F)(F)F)cc(C(F)(F)F)c3)[C@@H]2C)CC(C)(C)CC1. The Hall–Kier alpha value is -4.48. The van der Waals surface area contributed by atoms with Crippen LogP contribution in [0, 0.1) is 12.3 Å². The first-order valence-corrected chi connectivity index (χ1v) is 15.4. The van der Waals surface area contributed by atoms with Gasteiger partial charge in [0.2, 0.25) is 5.91 Å². The molecule has 3 aromatic rings. The molecule has 2 N–H and O–H groups in total. The van der Waals surface area contributed by atoms with E-state index in [1.54, 1.807) is 26.2 Å². The summed E-state index contributed by atoms with van der Waals surface area (Å²) in [4.78, 5) is 26.3. The number of aryl methyl sites for hydroxylation is 1. The Balaban J connectivity index is 1.55. The fraction of sp³-hybridized carbons (Fsp3) is 0.389. The molecule has 1 heterocycles. The molecule has 12 heteroatoms. The molecule has 0 bridgehead atoms. The fourth-order valence-electron chi connectivity index (χ4n) is 6.65. The van der Waals surface area contributed by atoms with Crippen molar-refractivity contribution in [2.24, 2.45) is 11.1 Å². The van der Waals surface area contributed by atoms with Crippen LogP contribution < -0.4 is 10.5 Å². The summed E-state index contributed by atoms with van der Waals surface area (Å²) in [5.41, 5.74) is 7.53. The average molecular weight is 675 g/mol. The Morgan fingerprint density at radius 1 is 0.979 bits per heavy atom. The summed E-state index contributed by atoms with van der Waals surface area (Å²) in [6.45, 7) is 7.67. The first kappa shape index (κ1) is 34.8. The molecule has 0 saturated carbocycles. The molecule has 0 aromatic heterocycles. The Kier molecular flexibility index (Phi) is 9.09. The van der Waals surface area contributed by atoms with Gasteiger partial charge in [-0.25, -0.2) is 4.79 Å². The maximum Gasteiger partial charge on any atom is 0.416 e. The maximum absolute atomic E-state index is 13.6. The van der Waals surface area contributed by atoms with Crippen molar-refractivity contribution in [1.82, 2.24) is 4.90 Å². The zero-order valence-corrected chi connectivity index (χ0v) is 27.1. The second-order valence-electron chi connectivity index (χ2n) is 13.2. The van der Waals surface area contributed by atoms with Gasteiger partial charge >= 0.3 is 18.4 Å². The normalized spacial score (nSPS) is 19.8. The summed E-state index contributed by atoms with van der Waals surface area (Å²) in [6.07, 6.45) is -10.2. The molecule has 0 spiro atoms. The van der Waals surface area contributed by atoms with Crippen molar-refractivity contribution in [3.8, 4) is 16.9 Å². The summed E-state index contributed by atoms with van der Waals surface area (Å²) in [7, 11) is 1.55. The lowest BCUT2D eigenvalue weighted by molar-refractivity contribution is -0.143. The van der Waals surface area contributed by atoms with Crippen molar-refractivity contribution in [2.75, 3.05) is 13.7 Å². The van der Waals surface area contributed by atoms with E-state index in [0.29, 0.717) is 36.3 Å². The van der Waals surface area contributed by atoms with Crippen LogP contribution in [0.4, 0.5) is 31.1 Å². The molecule has 1 unspecified atom stereocenters. The molecule has 256 valence electrons. The van der Waals surface area contributed by atoms with Crippen LogP contribution in [0.5, 0.6) is 5.75 Å². The third kappa shape index (κ3) is 7.02. The van der Waals surface area contributed by atoms with Crippen molar-refractivity contribution in [1.29, 1.82) is 0 Å². The number of ether oxygens (including phenoxy) is 2. The number of nitrogens with two attached hydrogens (primary N) is 1. The molecule has 1 aliphatic heterocycles. The zero-order chi connectivity index (χ0) is 35.3. The van der Waals surface area contributed by atoms with Gasteiger partial charge in [-0.05, 0) is 114 Å². The van der Waals surface area contributed by atoms with Crippen molar-refractivity contribution in [3.05, 3.63) is 93.6 Å². The van der Waals surface area contributed by atoms with Gasteiger partial charge in [0.15, 0.2) is 0 Å². The number of primary amides is 1. The topological polar surface area (TPSA) is 81.9 Å². The highest BCUT2D eigenvalue weighted by molar-refractivity contribution is 5.94. The van der Waals surface area contributed by atoms with Crippen LogP contribution in [0.3, 0.4) is 0 Å². The van der Waals surface area contributed by atoms with Gasteiger partial charge in [-0.15, -0.1) is 0 Å². The molecule has 0 radical (unpaired) electrons. The summed E-state index contributed by atoms with van der Waals surface area (Å²) >= 11 is 0. The molecule has 1 aliphatic carbocycles. The van der Waals surface area contributed by atoms with E-state index in [-0.39, 0.29) is 23.6 Å². The first-order chi connectivity index (χ1) is 22.3. The number of amides is 2. The number of cyclic esters (lactones) is 1. The number of hydrogen-bond acceptors (Lipinski definition) is 4. The van der Waals surface area contributed by atoms with E-state index < -0.39 is 47.6 Å². The fourth-order valence-corrected chi connectivity index (χ4v) is 6.65. The zero-order valence-electron chi connectivity index (χ0n) is 27.1. The van der Waals surface area contributed by atoms with Gasteiger partial charge in [-0.2, -0.15) is 26.3 Å². The van der Waals surface area contributed by atoms with Gasteiger partial charge in [-0.3, -0.25) is 9.69 Å². The maximum atomic E-state index is 13.6. The van der Waals surface area contributed by atoms with Crippen LogP contribution in [0.15, 0.2) is 60.2 Å². The number of hydrogen-bond donors (Lipinski definition) is 1. The monoisotopic (exact) mass is 674 g/mol. The summed E-state index contributed by atoms with van der Waals surface area (Å²) in [5, 5.41) is 0. The molecule has 1 saturated heterocycles. The Morgan fingerprint density at radius 3 is 2.19 bits per heavy atom. The number of halogens is 6. The molecular formula is C36H36F6N2O4. The number of alkyl halides is 6. The second-order valence-corrected chi connectivity index (χ2v) is 13.2. The molecule has 2 atom stereocenters. The highest BCUT2D eigenvalue weighted by atomic mass is 19.4. The van der Waals surface area contributed by atoms with Crippen molar-refractivity contribution in [2.45, 2.75) is 71.5 Å². The van der Waals surface area contributed by atoms with Gasteiger partial charge in [-0.1, -0.05) is 26.0 Å². The number of rotatable bonds is 7. The lowest BCUT2D eigenvalue weighted by atomic mass is 9.72. The van der Waals surface area contributed by atoms with Gasteiger partial charge in [0.05, 0.1) is 24.3 Å². The summed E-state index contributed by atoms with van der Waals surface area (Å²) in [5.74, 6) is 0.0568. The highest BCUT2D eigenvalue weighted by Gasteiger charge is 2.44. The van der Waals surface area contributed by atoms with Crippen LogP contribution in [0.1, 0.15) is 84.3 Å². The van der Waals surface area contributed by atoms with Crippen LogP contribution in [-0.2, 0) is 17.1 Å². The van der Waals surface area contributed by atoms with Crippen LogP contribution in [0.2, 0.25) is 0 Å². The number of carbonyl (C=O) groups is 2. The second kappa shape index (κ2) is 12.5. The smallest absolute Gasteiger partial charge is 0.416 e. The molecule has 48 heavy (non-hydrogen) atoms. The molecule has 2 aliphatic rings. The Bertz CT molecular complexity index is 1760. The standard InChI is InChI=1S/C36H36F6N2O4/c1-19-12-22(32(43)45)6-8-27(19)21-7-9-30(47-5)29(15-21)28-10-11-34(3,4)17-24(28)18-44-20(2)31(48-33(44)46)23-13-25(35(37,38)39)16-26(14-23)36(40,41)42/h6-9,12-16,20,31H,10-11,17-18H2,1-5H3,(H2,43,45)/t20-,31?/m0/s1. The molecule has 2 amide bonds. The highest BCUT2D eigenvalue weighted by Crippen LogP contribution is 2.47. The Morgan fingerprint density at radius 2 is 1.62 bits per heavy atom. The molecule has 6 nitrogen and oxygen atoms in total. The van der Waals surface area contributed by atoms with Gasteiger partial charge in [0.25, 0.3) is 0 Å². The minimum absolute atomic E-state index is 0.0546. The lowest BCUT2D eigenvalue weighted by Gasteiger charge is -2.36. The quantitative estimate of drug-likeness (QED) is 0.253. The van der Waals surface area contributed by atoms with Crippen molar-refractivity contribution < 1.29 is 45.4 Å². The number of nitrogens with zero attached hydrogens (tertiary/aromatic N) is 1. The van der Waals surface area contributed by atoms with Gasteiger partial charge in [0, 0.05) is 17.7 Å². The third-order valence-corrected chi connectivity index (χ3v) is 9.21. The lowest BCUT2D eigenvalue weighted by Crippen LogP contribution is -2.35. The summed E-state index contributed by atoms with van der Waals surface area (Å²) < 4.78 is 92.9. The van der Waals surface area contributed by atoms with Crippen molar-refractivity contribution in [3.63, 3.8) is 0 Å². The summed E-state index contributed by atoms with van der Waals surface area (Å²) in [6, 6.07) is 11.3. The Labute approximate surface area is 274 Å².